The minimum Gasteiger partial charge on any atom is -0.454 e. The van der Waals surface area contributed by atoms with E-state index in [9.17, 15) is 4.79 Å². The number of thioether (sulfide) groups is 1. The second-order valence-corrected chi connectivity index (χ2v) is 7.48. The van der Waals surface area contributed by atoms with Gasteiger partial charge in [0.1, 0.15) is 0 Å². The first-order valence-corrected chi connectivity index (χ1v) is 10.5. The summed E-state index contributed by atoms with van der Waals surface area (Å²) in [6.45, 7) is 3.02. The molecule has 0 saturated carbocycles. The van der Waals surface area contributed by atoms with E-state index in [0.717, 1.165) is 29.8 Å². The Bertz CT molecular complexity index is 991. The summed E-state index contributed by atoms with van der Waals surface area (Å²) >= 11 is 1.37. The highest BCUT2D eigenvalue weighted by atomic mass is 32.2. The van der Waals surface area contributed by atoms with E-state index in [1.54, 1.807) is 0 Å². The number of carbonyl (C=O) groups excluding carboxylic acids is 1. The van der Waals surface area contributed by atoms with Crippen LogP contribution in [-0.4, -0.2) is 39.8 Å². The smallest absolute Gasteiger partial charge is 0.231 e. The zero-order valence-electron chi connectivity index (χ0n) is 16.1. The van der Waals surface area contributed by atoms with Crippen molar-refractivity contribution < 1.29 is 14.3 Å². The van der Waals surface area contributed by atoms with E-state index in [-0.39, 0.29) is 18.5 Å². The van der Waals surface area contributed by atoms with Crippen molar-refractivity contribution >= 4 is 17.7 Å². The number of aromatic nitrogens is 3. The van der Waals surface area contributed by atoms with Crippen molar-refractivity contribution in [3.8, 4) is 28.6 Å². The van der Waals surface area contributed by atoms with Crippen molar-refractivity contribution in [3.05, 3.63) is 48.5 Å². The summed E-state index contributed by atoms with van der Waals surface area (Å²) in [6, 6.07) is 15.6. The SMILES string of the molecule is CCCCNC(=O)CSc1nnc(-c2ccc3c(c2)OCO3)n1-c1ccccc1. The zero-order valence-corrected chi connectivity index (χ0v) is 16.9. The molecule has 3 aromatic rings. The molecule has 2 aromatic carbocycles. The quantitative estimate of drug-likeness (QED) is 0.451. The molecular weight excluding hydrogens is 388 g/mol. The Morgan fingerprint density at radius 3 is 2.79 bits per heavy atom. The number of rotatable bonds is 8. The first-order valence-electron chi connectivity index (χ1n) is 9.56. The molecule has 0 fully saturated rings. The van der Waals surface area contributed by atoms with Gasteiger partial charge in [-0.25, -0.2) is 0 Å². The minimum atomic E-state index is -0.00399. The second kappa shape index (κ2) is 9.00. The van der Waals surface area contributed by atoms with Crippen LogP contribution in [0.3, 0.4) is 0 Å². The molecule has 7 nitrogen and oxygen atoms in total. The van der Waals surface area contributed by atoms with Crippen molar-refractivity contribution in [2.45, 2.75) is 24.9 Å². The van der Waals surface area contributed by atoms with Crippen LogP contribution in [0.25, 0.3) is 17.1 Å². The average Bonchev–Trinajstić information content (AvgIpc) is 3.39. The first-order chi connectivity index (χ1) is 14.3. The van der Waals surface area contributed by atoms with Crippen LogP contribution in [-0.2, 0) is 4.79 Å². The molecule has 2 heterocycles. The molecule has 1 N–H and O–H groups in total. The van der Waals surface area contributed by atoms with E-state index >= 15 is 0 Å². The van der Waals surface area contributed by atoms with Gasteiger partial charge in [-0.05, 0) is 36.8 Å². The standard InChI is InChI=1S/C21H22N4O3S/c1-2-3-11-22-19(26)13-29-21-24-23-20(25(21)16-7-5-4-6-8-16)15-9-10-17-18(12-15)28-14-27-17/h4-10,12H,2-3,11,13-14H2,1H3,(H,22,26). The fraction of sp³-hybridized carbons (Fsp3) is 0.286. The predicted molar refractivity (Wildman–Crippen MR) is 112 cm³/mol. The average molecular weight is 410 g/mol. The molecule has 0 unspecified atom stereocenters. The van der Waals surface area contributed by atoms with Crippen LogP contribution >= 0.6 is 11.8 Å². The minimum absolute atomic E-state index is 0.00399. The molecule has 0 spiro atoms. The van der Waals surface area contributed by atoms with Crippen molar-refractivity contribution in [2.24, 2.45) is 0 Å². The van der Waals surface area contributed by atoms with Gasteiger partial charge in [-0.1, -0.05) is 43.3 Å². The van der Waals surface area contributed by atoms with E-state index < -0.39 is 0 Å². The van der Waals surface area contributed by atoms with Gasteiger partial charge in [-0.15, -0.1) is 10.2 Å². The van der Waals surface area contributed by atoms with E-state index in [1.807, 2.05) is 53.1 Å². The number of ether oxygens (including phenoxy) is 2. The van der Waals surface area contributed by atoms with Gasteiger partial charge < -0.3 is 14.8 Å². The fourth-order valence-electron chi connectivity index (χ4n) is 2.98. The van der Waals surface area contributed by atoms with Gasteiger partial charge in [0.2, 0.25) is 12.7 Å². The fourth-order valence-corrected chi connectivity index (χ4v) is 3.76. The van der Waals surface area contributed by atoms with Gasteiger partial charge in [0.15, 0.2) is 22.5 Å². The Morgan fingerprint density at radius 2 is 1.97 bits per heavy atom. The van der Waals surface area contributed by atoms with Crippen LogP contribution in [0.5, 0.6) is 11.5 Å². The Hall–Kier alpha value is -3.00. The van der Waals surface area contributed by atoms with Gasteiger partial charge in [0.25, 0.3) is 0 Å². The molecule has 1 amide bonds. The summed E-state index contributed by atoms with van der Waals surface area (Å²) in [5.41, 5.74) is 1.80. The van der Waals surface area contributed by atoms with Gasteiger partial charge in [0.05, 0.1) is 5.75 Å². The number of hydrogen-bond acceptors (Lipinski definition) is 6. The number of carbonyl (C=O) groups is 1. The van der Waals surface area contributed by atoms with Crippen LogP contribution in [0.2, 0.25) is 0 Å². The van der Waals surface area contributed by atoms with Gasteiger partial charge in [0, 0.05) is 17.8 Å². The molecule has 1 aromatic heterocycles. The monoisotopic (exact) mass is 410 g/mol. The lowest BCUT2D eigenvalue weighted by atomic mass is 10.2. The molecule has 0 saturated heterocycles. The number of nitrogens with zero attached hydrogens (tertiary/aromatic N) is 3. The summed E-state index contributed by atoms with van der Waals surface area (Å²) in [6.07, 6.45) is 2.03. The molecule has 150 valence electrons. The largest absolute Gasteiger partial charge is 0.454 e. The molecular formula is C21H22N4O3S. The molecule has 8 heteroatoms. The lowest BCUT2D eigenvalue weighted by Gasteiger charge is -2.11. The molecule has 0 radical (unpaired) electrons. The number of benzene rings is 2. The summed E-state index contributed by atoms with van der Waals surface area (Å²) in [7, 11) is 0. The Kier molecular flexibility index (Phi) is 6.00. The molecule has 1 aliphatic rings. The maximum atomic E-state index is 12.1. The van der Waals surface area contributed by atoms with Crippen molar-refractivity contribution in [3.63, 3.8) is 0 Å². The molecule has 4 rings (SSSR count). The third kappa shape index (κ3) is 4.37. The molecule has 1 aliphatic heterocycles. The highest BCUT2D eigenvalue weighted by Gasteiger charge is 2.20. The number of para-hydroxylation sites is 1. The number of unbranched alkanes of at least 4 members (excludes halogenated alkanes) is 1. The number of hydrogen-bond donors (Lipinski definition) is 1. The molecule has 0 bridgehead atoms. The van der Waals surface area contributed by atoms with Crippen LogP contribution in [0.1, 0.15) is 19.8 Å². The number of fused-ring (bicyclic) bond motifs is 1. The van der Waals surface area contributed by atoms with Crippen LogP contribution in [0.4, 0.5) is 0 Å². The van der Waals surface area contributed by atoms with Crippen molar-refractivity contribution in [1.29, 1.82) is 0 Å². The van der Waals surface area contributed by atoms with Gasteiger partial charge in [-0.2, -0.15) is 0 Å². The van der Waals surface area contributed by atoms with Crippen LogP contribution < -0.4 is 14.8 Å². The third-order valence-electron chi connectivity index (χ3n) is 4.46. The van der Waals surface area contributed by atoms with E-state index in [2.05, 4.69) is 22.4 Å². The van der Waals surface area contributed by atoms with Gasteiger partial charge in [-0.3, -0.25) is 9.36 Å². The number of nitrogens with one attached hydrogen (secondary N) is 1. The van der Waals surface area contributed by atoms with Crippen molar-refractivity contribution in [1.82, 2.24) is 20.1 Å². The highest BCUT2D eigenvalue weighted by molar-refractivity contribution is 7.99. The second-order valence-electron chi connectivity index (χ2n) is 6.54. The lowest BCUT2D eigenvalue weighted by Crippen LogP contribution is -2.26. The normalized spacial score (nSPS) is 12.2. The maximum absolute atomic E-state index is 12.1. The predicted octanol–water partition coefficient (Wildman–Crippen LogP) is 3.67. The Labute approximate surface area is 173 Å². The van der Waals surface area contributed by atoms with Gasteiger partial charge >= 0.3 is 0 Å². The third-order valence-corrected chi connectivity index (χ3v) is 5.39. The van der Waals surface area contributed by atoms with E-state index in [0.29, 0.717) is 23.3 Å². The summed E-state index contributed by atoms with van der Waals surface area (Å²) < 4.78 is 12.9. The highest BCUT2D eigenvalue weighted by Crippen LogP contribution is 2.36. The van der Waals surface area contributed by atoms with Crippen molar-refractivity contribution in [2.75, 3.05) is 19.1 Å². The summed E-state index contributed by atoms with van der Waals surface area (Å²) in [5, 5.41) is 12.4. The molecule has 0 atom stereocenters. The lowest BCUT2D eigenvalue weighted by molar-refractivity contribution is -0.118. The summed E-state index contributed by atoms with van der Waals surface area (Å²) in [5.74, 6) is 2.38. The van der Waals surface area contributed by atoms with E-state index in [4.69, 9.17) is 9.47 Å². The van der Waals surface area contributed by atoms with Crippen LogP contribution in [0, 0.1) is 0 Å². The number of amides is 1. The topological polar surface area (TPSA) is 78.3 Å². The van der Waals surface area contributed by atoms with E-state index in [1.165, 1.54) is 11.8 Å². The first kappa shape index (κ1) is 19.3. The Morgan fingerprint density at radius 1 is 1.14 bits per heavy atom. The Balaban J connectivity index is 1.62. The summed E-state index contributed by atoms with van der Waals surface area (Å²) in [4.78, 5) is 12.1. The maximum Gasteiger partial charge on any atom is 0.231 e. The molecule has 29 heavy (non-hydrogen) atoms. The zero-order chi connectivity index (χ0) is 20.1. The molecule has 0 aliphatic carbocycles. The van der Waals surface area contributed by atoms with Crippen LogP contribution in [0.15, 0.2) is 53.7 Å².